The molecule has 2 rings (SSSR count). The van der Waals surface area contributed by atoms with E-state index in [0.717, 1.165) is 5.56 Å². The second-order valence-corrected chi connectivity index (χ2v) is 3.35. The summed E-state index contributed by atoms with van der Waals surface area (Å²) in [5.41, 5.74) is 0.780. The molecule has 0 aromatic heterocycles. The maximum Gasteiger partial charge on any atom is 0.141 e. The van der Waals surface area contributed by atoms with Crippen LogP contribution in [0, 0.1) is 34.9 Å². The highest BCUT2D eigenvalue weighted by molar-refractivity contribution is 5.42. The largest absolute Gasteiger partial charge is 0.206 e. The monoisotopic (exact) mass is 185 g/mol. The first kappa shape index (κ1) is 8.78. The summed E-state index contributed by atoms with van der Waals surface area (Å²) in [6.45, 7) is 0. The number of hydrogen-bond acceptors (Lipinski definition) is 1. The van der Waals surface area contributed by atoms with Crippen LogP contribution < -0.4 is 0 Å². The van der Waals surface area contributed by atoms with E-state index in [1.54, 1.807) is 12.1 Å². The van der Waals surface area contributed by atoms with E-state index in [1.165, 1.54) is 25.0 Å². The minimum Gasteiger partial charge on any atom is -0.206 e. The first-order valence-electron chi connectivity index (χ1n) is 4.51. The van der Waals surface area contributed by atoms with Gasteiger partial charge in [-0.1, -0.05) is 11.8 Å². The molecule has 0 bridgehead atoms. The molecule has 1 aromatic carbocycles. The zero-order valence-electron chi connectivity index (χ0n) is 7.55. The first-order valence-corrected chi connectivity index (χ1v) is 4.51. The third-order valence-corrected chi connectivity index (χ3v) is 2.08. The van der Waals surface area contributed by atoms with Crippen LogP contribution in [0.4, 0.5) is 4.39 Å². The van der Waals surface area contributed by atoms with Crippen molar-refractivity contribution in [2.45, 2.75) is 12.8 Å². The van der Waals surface area contributed by atoms with Gasteiger partial charge in [-0.2, -0.15) is 5.26 Å². The normalized spacial score (nSPS) is 14.0. The van der Waals surface area contributed by atoms with Gasteiger partial charge in [-0.25, -0.2) is 4.39 Å². The molecule has 0 unspecified atom stereocenters. The smallest absolute Gasteiger partial charge is 0.141 e. The molecule has 1 saturated carbocycles. The minimum absolute atomic E-state index is 0.0626. The number of nitrogens with zero attached hydrogens (tertiary/aromatic N) is 1. The average Bonchev–Trinajstić information content (AvgIpc) is 3.00. The SMILES string of the molecule is N#Cc1cc(C#CC2CC2)ccc1F. The van der Waals surface area contributed by atoms with E-state index >= 15 is 0 Å². The summed E-state index contributed by atoms with van der Waals surface area (Å²) in [5.74, 6) is 6.04. The highest BCUT2D eigenvalue weighted by Gasteiger charge is 2.17. The van der Waals surface area contributed by atoms with Gasteiger partial charge in [-0.15, -0.1) is 0 Å². The van der Waals surface area contributed by atoms with Crippen LogP contribution in [0.5, 0.6) is 0 Å². The molecule has 1 nitrogen and oxygen atoms in total. The van der Waals surface area contributed by atoms with E-state index in [1.807, 2.05) is 0 Å². The molecule has 0 saturated heterocycles. The van der Waals surface area contributed by atoms with Gasteiger partial charge in [-0.05, 0) is 31.0 Å². The van der Waals surface area contributed by atoms with Crippen LogP contribution in [0.3, 0.4) is 0 Å². The van der Waals surface area contributed by atoms with Gasteiger partial charge in [0.25, 0.3) is 0 Å². The van der Waals surface area contributed by atoms with Crippen molar-refractivity contribution < 1.29 is 4.39 Å². The van der Waals surface area contributed by atoms with E-state index < -0.39 is 5.82 Å². The summed E-state index contributed by atoms with van der Waals surface area (Å²) >= 11 is 0. The van der Waals surface area contributed by atoms with Crippen LogP contribution in [0.15, 0.2) is 18.2 Å². The van der Waals surface area contributed by atoms with Crippen molar-refractivity contribution in [3.8, 4) is 17.9 Å². The average molecular weight is 185 g/mol. The van der Waals surface area contributed by atoms with Gasteiger partial charge in [0, 0.05) is 11.5 Å². The molecule has 1 aromatic rings. The summed E-state index contributed by atoms with van der Waals surface area (Å²) in [5, 5.41) is 8.59. The van der Waals surface area contributed by atoms with Crippen LogP contribution in [0.1, 0.15) is 24.0 Å². The maximum atomic E-state index is 12.9. The van der Waals surface area contributed by atoms with E-state index in [4.69, 9.17) is 5.26 Å². The van der Waals surface area contributed by atoms with E-state index in [0.29, 0.717) is 5.92 Å². The molecule has 0 atom stereocenters. The molecular formula is C12H8FN. The molecule has 2 heteroatoms. The van der Waals surface area contributed by atoms with Crippen molar-refractivity contribution in [3.05, 3.63) is 35.1 Å². The Balaban J connectivity index is 2.28. The van der Waals surface area contributed by atoms with E-state index in [2.05, 4.69) is 11.8 Å². The first-order chi connectivity index (χ1) is 6.79. The van der Waals surface area contributed by atoms with E-state index in [-0.39, 0.29) is 5.56 Å². The standard InChI is InChI=1S/C12H8FN/c13-12-6-5-10(7-11(12)8-14)4-3-9-1-2-9/h5-7,9H,1-2H2. The quantitative estimate of drug-likeness (QED) is 0.569. The lowest BCUT2D eigenvalue weighted by molar-refractivity contribution is 0.624. The number of rotatable bonds is 0. The summed E-state index contributed by atoms with van der Waals surface area (Å²) in [6.07, 6.45) is 2.33. The predicted octanol–water partition coefficient (Wildman–Crippen LogP) is 2.46. The van der Waals surface area contributed by atoms with Crippen molar-refractivity contribution >= 4 is 0 Å². The van der Waals surface area contributed by atoms with Gasteiger partial charge in [0.1, 0.15) is 11.9 Å². The lowest BCUT2D eigenvalue weighted by atomic mass is 10.1. The molecule has 0 N–H and O–H groups in total. The molecule has 1 aliphatic rings. The lowest BCUT2D eigenvalue weighted by Crippen LogP contribution is -1.84. The van der Waals surface area contributed by atoms with Gasteiger partial charge in [-0.3, -0.25) is 0 Å². The second kappa shape index (κ2) is 3.52. The molecule has 0 aliphatic heterocycles. The van der Waals surface area contributed by atoms with Gasteiger partial charge in [0.05, 0.1) is 5.56 Å². The van der Waals surface area contributed by atoms with Crippen molar-refractivity contribution in [1.82, 2.24) is 0 Å². The molecule has 0 amide bonds. The third-order valence-electron chi connectivity index (χ3n) is 2.08. The Bertz CT molecular complexity index is 455. The van der Waals surface area contributed by atoms with Crippen molar-refractivity contribution in [2.24, 2.45) is 5.92 Å². The highest BCUT2D eigenvalue weighted by atomic mass is 19.1. The fourth-order valence-electron chi connectivity index (χ4n) is 1.10. The Morgan fingerprint density at radius 2 is 2.14 bits per heavy atom. The summed E-state index contributed by atoms with van der Waals surface area (Å²) in [6, 6.07) is 6.18. The fraction of sp³-hybridized carbons (Fsp3) is 0.250. The Hall–Kier alpha value is -1.80. The van der Waals surface area contributed by atoms with Crippen LogP contribution in [-0.2, 0) is 0 Å². The topological polar surface area (TPSA) is 23.8 Å². The Kier molecular flexibility index (Phi) is 2.21. The Labute approximate surface area is 82.2 Å². The Morgan fingerprint density at radius 3 is 2.79 bits per heavy atom. The zero-order valence-corrected chi connectivity index (χ0v) is 7.55. The molecule has 14 heavy (non-hydrogen) atoms. The van der Waals surface area contributed by atoms with E-state index in [9.17, 15) is 4.39 Å². The molecule has 0 radical (unpaired) electrons. The summed E-state index contributed by atoms with van der Waals surface area (Å²) < 4.78 is 12.9. The number of hydrogen-bond donors (Lipinski definition) is 0. The van der Waals surface area contributed by atoms with Gasteiger partial charge >= 0.3 is 0 Å². The predicted molar refractivity (Wildman–Crippen MR) is 50.7 cm³/mol. The molecule has 1 aliphatic carbocycles. The zero-order chi connectivity index (χ0) is 9.97. The number of benzene rings is 1. The number of nitriles is 1. The molecule has 0 heterocycles. The van der Waals surface area contributed by atoms with Crippen molar-refractivity contribution in [3.63, 3.8) is 0 Å². The maximum absolute atomic E-state index is 12.9. The van der Waals surface area contributed by atoms with Crippen molar-refractivity contribution in [2.75, 3.05) is 0 Å². The fourth-order valence-corrected chi connectivity index (χ4v) is 1.10. The third kappa shape index (κ3) is 1.92. The highest BCUT2D eigenvalue weighted by Crippen LogP contribution is 2.27. The van der Waals surface area contributed by atoms with Crippen LogP contribution in [-0.4, -0.2) is 0 Å². The minimum atomic E-state index is -0.482. The van der Waals surface area contributed by atoms with Crippen LogP contribution in [0.25, 0.3) is 0 Å². The van der Waals surface area contributed by atoms with Crippen molar-refractivity contribution in [1.29, 1.82) is 5.26 Å². The van der Waals surface area contributed by atoms with Crippen LogP contribution >= 0.6 is 0 Å². The Morgan fingerprint density at radius 1 is 1.36 bits per heavy atom. The molecular weight excluding hydrogens is 177 g/mol. The lowest BCUT2D eigenvalue weighted by Gasteiger charge is -1.93. The molecule has 0 spiro atoms. The summed E-state index contributed by atoms with van der Waals surface area (Å²) in [7, 11) is 0. The van der Waals surface area contributed by atoms with Gasteiger partial charge < -0.3 is 0 Å². The van der Waals surface area contributed by atoms with Gasteiger partial charge in [0.2, 0.25) is 0 Å². The van der Waals surface area contributed by atoms with Gasteiger partial charge in [0.15, 0.2) is 0 Å². The summed E-state index contributed by atoms with van der Waals surface area (Å²) in [4.78, 5) is 0. The number of halogens is 1. The van der Waals surface area contributed by atoms with Crippen LogP contribution in [0.2, 0.25) is 0 Å². The molecule has 1 fully saturated rings. The second-order valence-electron chi connectivity index (χ2n) is 3.35. The molecule has 68 valence electrons.